The van der Waals surface area contributed by atoms with E-state index in [4.69, 9.17) is 19.3 Å². The van der Waals surface area contributed by atoms with E-state index in [1.54, 1.807) is 0 Å². The maximum absolute atomic E-state index is 10.3. The van der Waals surface area contributed by atoms with Crippen LogP contribution in [0.25, 0.3) is 0 Å². The third kappa shape index (κ3) is 4.77. The summed E-state index contributed by atoms with van der Waals surface area (Å²) in [5.41, 5.74) is 0. The average molecular weight is 314 g/mol. The summed E-state index contributed by atoms with van der Waals surface area (Å²) in [5.74, 6) is -0.562. The molecule has 2 heterocycles. The molecule has 0 aromatic carbocycles. The molecule has 5 heteroatoms. The first-order valence-corrected chi connectivity index (χ1v) is 8.36. The lowest BCUT2D eigenvalue weighted by Gasteiger charge is -2.22. The molecule has 0 aliphatic carbocycles. The van der Waals surface area contributed by atoms with Gasteiger partial charge < -0.3 is 24.4 Å². The van der Waals surface area contributed by atoms with Crippen molar-refractivity contribution in [3.05, 3.63) is 12.7 Å². The first-order valence-electron chi connectivity index (χ1n) is 8.36. The van der Waals surface area contributed by atoms with E-state index in [0.29, 0.717) is 6.42 Å². The molecule has 0 bridgehead atoms. The highest BCUT2D eigenvalue weighted by Crippen LogP contribution is 2.34. The summed E-state index contributed by atoms with van der Waals surface area (Å²) in [4.78, 5) is 0. The minimum Gasteiger partial charge on any atom is -0.394 e. The second-order valence-corrected chi connectivity index (χ2v) is 6.78. The van der Waals surface area contributed by atoms with Gasteiger partial charge in [-0.25, -0.2) is 0 Å². The molecule has 5 atom stereocenters. The number of aliphatic hydroxyl groups excluding tert-OH is 2. The second kappa shape index (κ2) is 7.88. The fourth-order valence-electron chi connectivity index (χ4n) is 3.35. The number of allylic oxidation sites excluding steroid dienone is 1. The van der Waals surface area contributed by atoms with E-state index >= 15 is 0 Å². The van der Waals surface area contributed by atoms with Crippen LogP contribution in [0.1, 0.15) is 52.4 Å². The maximum atomic E-state index is 10.3. The summed E-state index contributed by atoms with van der Waals surface area (Å²) in [6.07, 6.45) is 5.92. The number of hydrogen-bond donors (Lipinski definition) is 2. The predicted molar refractivity (Wildman–Crippen MR) is 83.5 cm³/mol. The monoisotopic (exact) mass is 314 g/mol. The standard InChI is InChI=1S/C17H30O5/c1-4-5-6-15-16(22-17(2,3)21-15)10-8-13(19)14-9-7-12(11-18)20-14/h4,12-16,18-19H,1,5-11H2,2-3H3/t12-,13+,14+,15+,16+/m0/s1. The van der Waals surface area contributed by atoms with Crippen molar-refractivity contribution >= 4 is 0 Å². The van der Waals surface area contributed by atoms with Gasteiger partial charge in [-0.3, -0.25) is 0 Å². The Bertz CT molecular complexity index is 357. The number of aliphatic hydroxyl groups is 2. The molecular weight excluding hydrogens is 284 g/mol. The third-order valence-corrected chi connectivity index (χ3v) is 4.46. The number of hydrogen-bond acceptors (Lipinski definition) is 5. The van der Waals surface area contributed by atoms with Crippen LogP contribution in [0, 0.1) is 0 Å². The molecule has 22 heavy (non-hydrogen) atoms. The van der Waals surface area contributed by atoms with Crippen molar-refractivity contribution in [2.75, 3.05) is 6.61 Å². The van der Waals surface area contributed by atoms with Crippen LogP contribution in [0.5, 0.6) is 0 Å². The van der Waals surface area contributed by atoms with Gasteiger partial charge in [0.2, 0.25) is 0 Å². The molecule has 2 saturated heterocycles. The molecule has 2 aliphatic rings. The van der Waals surface area contributed by atoms with Gasteiger partial charge in [0.05, 0.1) is 37.1 Å². The van der Waals surface area contributed by atoms with E-state index in [2.05, 4.69) is 6.58 Å². The van der Waals surface area contributed by atoms with Gasteiger partial charge in [-0.05, 0) is 52.4 Å². The van der Waals surface area contributed by atoms with E-state index in [1.165, 1.54) is 0 Å². The molecule has 128 valence electrons. The Kier molecular flexibility index (Phi) is 6.41. The molecule has 0 saturated carbocycles. The zero-order valence-corrected chi connectivity index (χ0v) is 13.7. The topological polar surface area (TPSA) is 68.2 Å². The van der Waals surface area contributed by atoms with Gasteiger partial charge in [-0.2, -0.15) is 0 Å². The van der Waals surface area contributed by atoms with Crippen LogP contribution in [-0.4, -0.2) is 53.1 Å². The highest BCUT2D eigenvalue weighted by Gasteiger charge is 2.41. The number of rotatable bonds is 8. The molecule has 5 nitrogen and oxygen atoms in total. The minimum absolute atomic E-state index is 0.000332. The lowest BCUT2D eigenvalue weighted by molar-refractivity contribution is -0.147. The van der Waals surface area contributed by atoms with Crippen LogP contribution in [-0.2, 0) is 14.2 Å². The Morgan fingerprint density at radius 3 is 2.50 bits per heavy atom. The Balaban J connectivity index is 1.80. The van der Waals surface area contributed by atoms with Gasteiger partial charge in [0.15, 0.2) is 5.79 Å². The van der Waals surface area contributed by atoms with Gasteiger partial charge in [-0.1, -0.05) is 6.08 Å². The van der Waals surface area contributed by atoms with Gasteiger partial charge in [0.1, 0.15) is 0 Å². The second-order valence-electron chi connectivity index (χ2n) is 6.78. The molecule has 2 fully saturated rings. The van der Waals surface area contributed by atoms with Crippen LogP contribution in [0.15, 0.2) is 12.7 Å². The van der Waals surface area contributed by atoms with Crippen LogP contribution >= 0.6 is 0 Å². The first kappa shape index (κ1) is 17.9. The summed E-state index contributed by atoms with van der Waals surface area (Å²) in [6, 6.07) is 0. The maximum Gasteiger partial charge on any atom is 0.163 e. The highest BCUT2D eigenvalue weighted by molar-refractivity contribution is 4.86. The molecule has 2 N–H and O–H groups in total. The first-order chi connectivity index (χ1) is 10.4. The molecule has 0 radical (unpaired) electrons. The van der Waals surface area contributed by atoms with Crippen LogP contribution < -0.4 is 0 Å². The van der Waals surface area contributed by atoms with Crippen molar-refractivity contribution in [1.82, 2.24) is 0 Å². The van der Waals surface area contributed by atoms with Gasteiger partial charge in [0.25, 0.3) is 0 Å². The quantitative estimate of drug-likeness (QED) is 0.672. The Morgan fingerprint density at radius 1 is 1.23 bits per heavy atom. The van der Waals surface area contributed by atoms with Crippen LogP contribution in [0.2, 0.25) is 0 Å². The summed E-state index contributed by atoms with van der Waals surface area (Å²) < 4.78 is 17.5. The Hall–Kier alpha value is -0.460. The smallest absolute Gasteiger partial charge is 0.163 e. The van der Waals surface area contributed by atoms with Crippen molar-refractivity contribution in [1.29, 1.82) is 0 Å². The van der Waals surface area contributed by atoms with Crippen molar-refractivity contribution in [3.63, 3.8) is 0 Å². The van der Waals surface area contributed by atoms with Crippen molar-refractivity contribution in [2.45, 2.75) is 88.7 Å². The van der Waals surface area contributed by atoms with E-state index in [9.17, 15) is 5.11 Å². The molecule has 2 aliphatic heterocycles. The molecule has 0 aromatic rings. The Labute approximate surface area is 133 Å². The summed E-state index contributed by atoms with van der Waals surface area (Å²) >= 11 is 0. The van der Waals surface area contributed by atoms with Gasteiger partial charge in [-0.15, -0.1) is 6.58 Å². The molecule has 0 aromatic heterocycles. The normalized spacial score (nSPS) is 35.6. The Morgan fingerprint density at radius 2 is 1.91 bits per heavy atom. The van der Waals surface area contributed by atoms with Crippen molar-refractivity contribution in [3.8, 4) is 0 Å². The van der Waals surface area contributed by atoms with Crippen LogP contribution in [0.4, 0.5) is 0 Å². The number of ether oxygens (including phenoxy) is 3. The largest absolute Gasteiger partial charge is 0.394 e. The predicted octanol–water partition coefficient (Wildman–Crippen LogP) is 2.15. The molecule has 2 rings (SSSR count). The van der Waals surface area contributed by atoms with E-state index in [-0.39, 0.29) is 31.0 Å². The van der Waals surface area contributed by atoms with Crippen LogP contribution in [0.3, 0.4) is 0 Å². The summed E-state index contributed by atoms with van der Waals surface area (Å²) in [5, 5.41) is 19.4. The molecule has 0 amide bonds. The van der Waals surface area contributed by atoms with Gasteiger partial charge in [0, 0.05) is 0 Å². The molecule has 0 unspecified atom stereocenters. The van der Waals surface area contributed by atoms with Crippen molar-refractivity contribution in [2.24, 2.45) is 0 Å². The fourth-order valence-corrected chi connectivity index (χ4v) is 3.35. The molecular formula is C17H30O5. The fraction of sp³-hybridized carbons (Fsp3) is 0.882. The molecule has 0 spiro atoms. The average Bonchev–Trinajstić information content (AvgIpc) is 3.06. The van der Waals surface area contributed by atoms with E-state index in [1.807, 2.05) is 19.9 Å². The lowest BCUT2D eigenvalue weighted by Crippen LogP contribution is -2.30. The minimum atomic E-state index is -0.562. The third-order valence-electron chi connectivity index (χ3n) is 4.46. The lowest BCUT2D eigenvalue weighted by atomic mass is 9.99. The van der Waals surface area contributed by atoms with Gasteiger partial charge >= 0.3 is 0 Å². The zero-order valence-electron chi connectivity index (χ0n) is 13.7. The van der Waals surface area contributed by atoms with Crippen molar-refractivity contribution < 1.29 is 24.4 Å². The summed E-state index contributed by atoms with van der Waals surface area (Å²) in [7, 11) is 0. The SMILES string of the molecule is C=CCC[C@H]1OC(C)(C)O[C@@H]1CC[C@@H](O)[C@H]1CC[C@@H](CO)O1. The van der Waals surface area contributed by atoms with E-state index < -0.39 is 11.9 Å². The summed E-state index contributed by atoms with van der Waals surface area (Å²) in [6.45, 7) is 7.63. The highest BCUT2D eigenvalue weighted by atomic mass is 16.7. The van der Waals surface area contributed by atoms with E-state index in [0.717, 1.165) is 32.1 Å². The zero-order chi connectivity index (χ0) is 16.2.